The van der Waals surface area contributed by atoms with Gasteiger partial charge >= 0.3 is 13.8 Å². The zero-order valence-electron chi connectivity index (χ0n) is 57.7. The van der Waals surface area contributed by atoms with E-state index in [0.29, 0.717) is 17.4 Å². The molecule has 9 nitrogen and oxygen atoms in total. The fourth-order valence-electron chi connectivity index (χ4n) is 10.3. The van der Waals surface area contributed by atoms with Crippen molar-refractivity contribution in [1.82, 2.24) is 5.32 Å². The molecule has 0 aliphatic heterocycles. The summed E-state index contributed by atoms with van der Waals surface area (Å²) in [6.45, 7) is 6.98. The molecule has 0 spiro atoms. The second-order valence-corrected chi connectivity index (χ2v) is 27.2. The van der Waals surface area contributed by atoms with Crippen LogP contribution < -0.4 is 5.32 Å². The number of rotatable bonds is 66. The van der Waals surface area contributed by atoms with Crippen LogP contribution in [0.4, 0.5) is 0 Å². The number of quaternary nitrogens is 1. The first kappa shape index (κ1) is 83.9. The number of phosphoric acid groups is 1. The summed E-state index contributed by atoms with van der Waals surface area (Å²) >= 11 is 0. The van der Waals surface area contributed by atoms with Crippen molar-refractivity contribution in [2.24, 2.45) is 0 Å². The molecule has 0 radical (unpaired) electrons. The number of allylic oxidation sites excluding steroid dienone is 15. The van der Waals surface area contributed by atoms with Crippen molar-refractivity contribution in [2.45, 2.75) is 341 Å². The number of carbonyl (C=O) groups is 2. The van der Waals surface area contributed by atoms with Gasteiger partial charge in [-0.25, -0.2) is 4.57 Å². The molecule has 0 aromatic heterocycles. The molecule has 0 saturated carbocycles. The lowest BCUT2D eigenvalue weighted by molar-refractivity contribution is -0.870. The van der Waals surface area contributed by atoms with Gasteiger partial charge in [-0.1, -0.05) is 298 Å². The normalized spacial score (nSPS) is 14.1. The summed E-state index contributed by atoms with van der Waals surface area (Å²) in [5.41, 5.74) is 0. The maximum Gasteiger partial charge on any atom is 0.472 e. The molecule has 3 unspecified atom stereocenters. The molecule has 0 aliphatic carbocycles. The highest BCUT2D eigenvalue weighted by molar-refractivity contribution is 7.47. The van der Waals surface area contributed by atoms with E-state index < -0.39 is 20.0 Å². The number of nitrogens with zero attached hydrogens (tertiary/aromatic N) is 1. The Kier molecular flexibility index (Phi) is 63.5. The lowest BCUT2D eigenvalue weighted by Gasteiger charge is -2.27. The van der Waals surface area contributed by atoms with Crippen molar-refractivity contribution < 1.29 is 37.3 Å². The van der Waals surface area contributed by atoms with Crippen molar-refractivity contribution in [3.05, 3.63) is 97.2 Å². The molecule has 10 heteroatoms. The Balaban J connectivity index is 5.12. The molecule has 3 atom stereocenters. The first-order valence-electron chi connectivity index (χ1n) is 36.6. The monoisotopic (exact) mass is 1240 g/mol. The maximum atomic E-state index is 13.6. The molecule has 504 valence electrons. The van der Waals surface area contributed by atoms with Crippen LogP contribution >= 0.6 is 7.82 Å². The third kappa shape index (κ3) is 67.2. The van der Waals surface area contributed by atoms with E-state index in [-0.39, 0.29) is 31.5 Å². The number of carbonyl (C=O) groups excluding carboxylic acids is 2. The Hall–Kier alpha value is -3.07. The van der Waals surface area contributed by atoms with Gasteiger partial charge in [-0.2, -0.15) is 0 Å². The summed E-state index contributed by atoms with van der Waals surface area (Å²) in [5.74, 6) is -0.511. The number of phosphoric ester groups is 1. The van der Waals surface area contributed by atoms with E-state index in [9.17, 15) is 19.0 Å². The molecular formula is C77H140N2O7P+. The predicted octanol–water partition coefficient (Wildman–Crippen LogP) is 23.5. The molecule has 0 aromatic carbocycles. The lowest BCUT2D eigenvalue weighted by Crippen LogP contribution is -2.47. The first-order valence-corrected chi connectivity index (χ1v) is 38.1. The van der Waals surface area contributed by atoms with Crippen molar-refractivity contribution in [3.63, 3.8) is 0 Å². The largest absolute Gasteiger partial charge is 0.472 e. The summed E-state index contributed by atoms with van der Waals surface area (Å²) in [5, 5.41) is 3.07. The number of unbranched alkanes of at least 4 members (excludes halogenated alkanes) is 36. The van der Waals surface area contributed by atoms with Crippen molar-refractivity contribution in [3.8, 4) is 0 Å². The zero-order valence-corrected chi connectivity index (χ0v) is 58.6. The Morgan fingerprint density at radius 2 is 0.701 bits per heavy atom. The van der Waals surface area contributed by atoms with Crippen molar-refractivity contribution in [1.29, 1.82) is 0 Å². The fraction of sp³-hybridized carbons (Fsp3) is 0.766. The van der Waals surface area contributed by atoms with Gasteiger partial charge in [0.25, 0.3) is 0 Å². The highest BCUT2D eigenvalue weighted by Gasteiger charge is 2.30. The molecule has 0 aromatic rings. The van der Waals surface area contributed by atoms with Crippen molar-refractivity contribution in [2.75, 3.05) is 40.9 Å². The molecule has 0 rings (SSSR count). The van der Waals surface area contributed by atoms with E-state index in [1.165, 1.54) is 193 Å². The molecule has 87 heavy (non-hydrogen) atoms. The van der Waals surface area contributed by atoms with Gasteiger partial charge in [0.15, 0.2) is 0 Å². The Morgan fingerprint density at radius 1 is 0.402 bits per heavy atom. The summed E-state index contributed by atoms with van der Waals surface area (Å²) in [6.07, 6.45) is 89.8. The van der Waals surface area contributed by atoms with Crippen LogP contribution in [0.5, 0.6) is 0 Å². The minimum atomic E-state index is -4.46. The number of amides is 1. The van der Waals surface area contributed by atoms with Gasteiger partial charge in [0.1, 0.15) is 19.3 Å². The highest BCUT2D eigenvalue weighted by Crippen LogP contribution is 2.43. The van der Waals surface area contributed by atoms with Crippen LogP contribution in [0.3, 0.4) is 0 Å². The maximum absolute atomic E-state index is 13.6. The summed E-state index contributed by atoms with van der Waals surface area (Å²) in [6, 6.07) is -0.860. The van der Waals surface area contributed by atoms with Crippen molar-refractivity contribution >= 4 is 19.7 Å². The number of hydrogen-bond acceptors (Lipinski definition) is 6. The predicted molar refractivity (Wildman–Crippen MR) is 378 cm³/mol. The number of hydrogen-bond donors (Lipinski definition) is 2. The lowest BCUT2D eigenvalue weighted by atomic mass is 10.0. The van der Waals surface area contributed by atoms with Crippen LogP contribution in [0.15, 0.2) is 97.2 Å². The van der Waals surface area contributed by atoms with E-state index in [1.807, 2.05) is 33.3 Å². The zero-order chi connectivity index (χ0) is 63.5. The Bertz CT molecular complexity index is 1810. The third-order valence-electron chi connectivity index (χ3n) is 16.0. The van der Waals surface area contributed by atoms with E-state index in [2.05, 4.69) is 111 Å². The molecule has 1 amide bonds. The molecule has 0 aliphatic rings. The molecule has 0 heterocycles. The van der Waals surface area contributed by atoms with Crippen LogP contribution in [-0.4, -0.2) is 74.3 Å². The van der Waals surface area contributed by atoms with Gasteiger partial charge in [-0.15, -0.1) is 0 Å². The van der Waals surface area contributed by atoms with Crippen LogP contribution in [-0.2, 0) is 27.9 Å². The second kappa shape index (κ2) is 65.9. The molecule has 0 saturated heterocycles. The summed E-state index contributed by atoms with van der Waals surface area (Å²) < 4.78 is 30.9. The average molecular weight is 1240 g/mol. The smallest absolute Gasteiger partial charge is 0.456 e. The van der Waals surface area contributed by atoms with Crippen LogP contribution in [0, 0.1) is 0 Å². The third-order valence-corrected chi connectivity index (χ3v) is 17.0. The van der Waals surface area contributed by atoms with Crippen LogP contribution in [0.2, 0.25) is 0 Å². The highest BCUT2D eigenvalue weighted by atomic mass is 31.2. The Morgan fingerprint density at radius 3 is 1.07 bits per heavy atom. The second-order valence-electron chi connectivity index (χ2n) is 25.8. The molecule has 0 fully saturated rings. The topological polar surface area (TPSA) is 111 Å². The van der Waals surface area contributed by atoms with Gasteiger partial charge in [-0.3, -0.25) is 18.6 Å². The number of esters is 1. The SMILES string of the molecule is CCCCC/C=C\C/C=C\C/C=C\C/C=C\CCCCCCCCCCCC(=O)OC(/C=C/CCCCCCCCCCCCC)C(COP(=O)(O)OCC[N+](C)(C)C)NC(=O)CCCCCCCCCCCC/C=C\C/C=C\C/C=C\CCCCC. The summed E-state index contributed by atoms with van der Waals surface area (Å²) in [7, 11) is 1.49. The van der Waals surface area contributed by atoms with Gasteiger partial charge in [0.05, 0.1) is 33.8 Å². The van der Waals surface area contributed by atoms with Gasteiger partial charge < -0.3 is 19.4 Å². The van der Waals surface area contributed by atoms with Gasteiger partial charge in [-0.05, 0) is 115 Å². The van der Waals surface area contributed by atoms with E-state index in [4.69, 9.17) is 13.8 Å². The van der Waals surface area contributed by atoms with E-state index >= 15 is 0 Å². The van der Waals surface area contributed by atoms with Crippen LogP contribution in [0.25, 0.3) is 0 Å². The number of nitrogens with one attached hydrogen (secondary N) is 1. The molecular weight excluding hydrogens is 1100 g/mol. The van der Waals surface area contributed by atoms with Crippen LogP contribution in [0.1, 0.15) is 329 Å². The Labute approximate surface area is 538 Å². The summed E-state index contributed by atoms with van der Waals surface area (Å²) in [4.78, 5) is 38.0. The van der Waals surface area contributed by atoms with Gasteiger partial charge in [0, 0.05) is 12.8 Å². The molecule has 2 N–H and O–H groups in total. The standard InChI is InChI=1S/C77H139N2O7P/c1-7-10-13-16-19-22-25-28-30-32-34-36-38-39-41-43-45-47-49-52-55-58-61-64-67-70-77(81)86-75(68-65-62-59-56-53-50-27-24-21-18-15-12-9-3)74(73-85-87(82,83)84-72-71-79(4,5)6)78-76(80)69-66-63-60-57-54-51-48-46-44-42-40-37-35-33-31-29-26-23-20-17-14-11-8-2/h19-20,22-23,28-31,34-37,39,41,65,68,74-75H,7-18,21,24-27,32-33,38,40,42-64,66-67,69-73H2,1-6H3,(H-,78,80,82,83)/p+1/b22-19-,23-20-,30-28-,31-29-,36-34-,37-35-,41-39-,68-65+. The number of likely N-dealkylation sites (N-methyl/N-ethyl adjacent to an activating group) is 1. The van der Waals surface area contributed by atoms with E-state index in [0.717, 1.165) is 103 Å². The quantitative estimate of drug-likeness (QED) is 0.0205. The molecule has 0 bridgehead atoms. The first-order chi connectivity index (χ1) is 42.4. The fourth-order valence-corrected chi connectivity index (χ4v) is 11.1. The minimum absolute atomic E-state index is 0.0350. The van der Waals surface area contributed by atoms with Gasteiger partial charge in [0.2, 0.25) is 5.91 Å². The number of ether oxygens (including phenoxy) is 1. The average Bonchev–Trinajstić information content (AvgIpc) is 3.70. The minimum Gasteiger partial charge on any atom is -0.456 e. The van der Waals surface area contributed by atoms with E-state index in [1.54, 1.807) is 0 Å².